The lowest BCUT2D eigenvalue weighted by Crippen LogP contribution is -2.38. The van der Waals surface area contributed by atoms with Crippen molar-refractivity contribution in [2.45, 2.75) is 25.8 Å². The first kappa shape index (κ1) is 20.8. The summed E-state index contributed by atoms with van der Waals surface area (Å²) in [4.78, 5) is 17.0. The molecule has 1 aliphatic heterocycles. The van der Waals surface area contributed by atoms with Crippen LogP contribution >= 0.6 is 11.6 Å². The van der Waals surface area contributed by atoms with Gasteiger partial charge in [0.05, 0.1) is 0 Å². The number of anilines is 1. The molecule has 0 aliphatic carbocycles. The summed E-state index contributed by atoms with van der Waals surface area (Å²) in [7, 11) is 2.21. The molecule has 1 amide bonds. The molecule has 0 unspecified atom stereocenters. The Morgan fingerprint density at radius 3 is 2.46 bits per heavy atom. The van der Waals surface area contributed by atoms with Crippen molar-refractivity contribution in [3.63, 3.8) is 0 Å². The molecule has 28 heavy (non-hydrogen) atoms. The zero-order valence-corrected chi connectivity index (χ0v) is 17.4. The number of nitrogens with zero attached hydrogens (tertiary/aromatic N) is 2. The summed E-state index contributed by atoms with van der Waals surface area (Å²) in [5.41, 5.74) is 2.17. The van der Waals surface area contributed by atoms with Crippen LogP contribution in [0.3, 0.4) is 0 Å². The molecular weight excluding hydrogens is 370 g/mol. The summed E-state index contributed by atoms with van der Waals surface area (Å²) in [6, 6.07) is 17.9. The van der Waals surface area contributed by atoms with Crippen molar-refractivity contribution in [3.05, 3.63) is 65.2 Å². The van der Waals surface area contributed by atoms with Crippen molar-refractivity contribution in [2.75, 3.05) is 38.5 Å². The normalized spacial score (nSPS) is 15.7. The number of nitrogens with one attached hydrogen (secondary N) is 1. The van der Waals surface area contributed by atoms with E-state index in [0.717, 1.165) is 44.3 Å². The lowest BCUT2D eigenvalue weighted by atomic mass is 9.96. The van der Waals surface area contributed by atoms with Gasteiger partial charge in [0.2, 0.25) is 5.91 Å². The van der Waals surface area contributed by atoms with E-state index in [0.29, 0.717) is 11.4 Å². The first-order valence-corrected chi connectivity index (χ1v) is 10.5. The van der Waals surface area contributed by atoms with Gasteiger partial charge in [0, 0.05) is 36.8 Å². The summed E-state index contributed by atoms with van der Waals surface area (Å²) < 4.78 is 0. The Hall–Kier alpha value is -1.88. The van der Waals surface area contributed by atoms with Crippen molar-refractivity contribution < 1.29 is 4.79 Å². The van der Waals surface area contributed by atoms with Crippen LogP contribution in [-0.2, 0) is 11.3 Å². The molecule has 1 heterocycles. The number of piperidine rings is 1. The number of hydrogen-bond acceptors (Lipinski definition) is 3. The van der Waals surface area contributed by atoms with Crippen LogP contribution in [0.25, 0.3) is 0 Å². The highest BCUT2D eigenvalue weighted by atomic mass is 35.5. The Bertz CT molecular complexity index is 727. The number of amides is 1. The van der Waals surface area contributed by atoms with E-state index >= 15 is 0 Å². The molecule has 2 aromatic carbocycles. The van der Waals surface area contributed by atoms with Gasteiger partial charge in [0.25, 0.3) is 0 Å². The molecule has 0 radical (unpaired) electrons. The van der Waals surface area contributed by atoms with Gasteiger partial charge in [-0.15, -0.1) is 0 Å². The maximum absolute atomic E-state index is 12.1. The molecule has 1 N–H and O–H groups in total. The maximum Gasteiger partial charge on any atom is 0.225 e. The van der Waals surface area contributed by atoms with E-state index in [2.05, 4.69) is 52.5 Å². The third-order valence-electron chi connectivity index (χ3n) is 5.36. The highest BCUT2D eigenvalue weighted by Gasteiger charge is 2.20. The van der Waals surface area contributed by atoms with Crippen LogP contribution < -0.4 is 5.32 Å². The number of benzene rings is 2. The zero-order valence-electron chi connectivity index (χ0n) is 16.6. The molecule has 0 atom stereocenters. The molecule has 1 aliphatic rings. The fourth-order valence-corrected chi connectivity index (χ4v) is 3.94. The van der Waals surface area contributed by atoms with Gasteiger partial charge in [-0.3, -0.25) is 4.79 Å². The summed E-state index contributed by atoms with van der Waals surface area (Å²) in [5.74, 6) is 0.805. The van der Waals surface area contributed by atoms with Crippen LogP contribution in [0.4, 0.5) is 5.69 Å². The summed E-state index contributed by atoms with van der Waals surface area (Å²) >= 11 is 5.87. The van der Waals surface area contributed by atoms with E-state index < -0.39 is 0 Å². The smallest absolute Gasteiger partial charge is 0.225 e. The average molecular weight is 400 g/mol. The SMILES string of the molecule is CN(Cc1ccccc1)CC1CCN(CCC(=O)Nc2ccc(Cl)cc2)CC1. The van der Waals surface area contributed by atoms with Gasteiger partial charge in [-0.25, -0.2) is 0 Å². The zero-order chi connectivity index (χ0) is 19.8. The summed E-state index contributed by atoms with van der Waals surface area (Å²) in [5, 5.41) is 3.61. The maximum atomic E-state index is 12.1. The van der Waals surface area contributed by atoms with Gasteiger partial charge >= 0.3 is 0 Å². The summed E-state index contributed by atoms with van der Waals surface area (Å²) in [6.07, 6.45) is 2.94. The number of carbonyl (C=O) groups excluding carboxylic acids is 1. The fourth-order valence-electron chi connectivity index (χ4n) is 3.81. The van der Waals surface area contributed by atoms with Crippen molar-refractivity contribution in [1.29, 1.82) is 0 Å². The average Bonchev–Trinajstić information content (AvgIpc) is 2.70. The molecule has 3 rings (SSSR count). The number of hydrogen-bond donors (Lipinski definition) is 1. The fraction of sp³-hybridized carbons (Fsp3) is 0.435. The number of halogens is 1. The highest BCUT2D eigenvalue weighted by molar-refractivity contribution is 6.30. The summed E-state index contributed by atoms with van der Waals surface area (Å²) in [6.45, 7) is 5.13. The van der Waals surface area contributed by atoms with Crippen LogP contribution in [0.2, 0.25) is 5.02 Å². The first-order valence-electron chi connectivity index (χ1n) is 10.1. The molecular formula is C23H30ClN3O. The molecule has 150 valence electrons. The molecule has 5 heteroatoms. The molecule has 0 spiro atoms. The van der Waals surface area contributed by atoms with E-state index in [1.807, 2.05) is 12.1 Å². The van der Waals surface area contributed by atoms with Gasteiger partial charge < -0.3 is 15.1 Å². The third kappa shape index (κ3) is 6.93. The predicted octanol–water partition coefficient (Wildman–Crippen LogP) is 4.51. The topological polar surface area (TPSA) is 35.6 Å². The standard InChI is InChI=1S/C23H30ClN3O/c1-26(17-19-5-3-2-4-6-19)18-20-11-14-27(15-12-20)16-13-23(28)25-22-9-7-21(24)8-10-22/h2-10,20H,11-18H2,1H3,(H,25,28). The molecule has 0 saturated carbocycles. The van der Waals surface area contributed by atoms with Gasteiger partial charge in [-0.1, -0.05) is 41.9 Å². The van der Waals surface area contributed by atoms with E-state index in [1.165, 1.54) is 18.4 Å². The Balaban J connectivity index is 1.32. The largest absolute Gasteiger partial charge is 0.326 e. The van der Waals surface area contributed by atoms with Crippen LogP contribution in [0.5, 0.6) is 0 Å². The molecule has 0 bridgehead atoms. The minimum absolute atomic E-state index is 0.0621. The first-order chi connectivity index (χ1) is 13.6. The minimum Gasteiger partial charge on any atom is -0.326 e. The third-order valence-corrected chi connectivity index (χ3v) is 5.61. The van der Waals surface area contributed by atoms with Crippen molar-refractivity contribution in [1.82, 2.24) is 9.80 Å². The molecule has 1 fully saturated rings. The van der Waals surface area contributed by atoms with Crippen LogP contribution in [-0.4, -0.2) is 48.9 Å². The lowest BCUT2D eigenvalue weighted by Gasteiger charge is -2.33. The second kappa shape index (κ2) is 10.6. The quantitative estimate of drug-likeness (QED) is 0.709. The second-order valence-corrected chi connectivity index (χ2v) is 8.21. The van der Waals surface area contributed by atoms with Gasteiger partial charge in [0.15, 0.2) is 0 Å². The number of carbonyl (C=O) groups is 1. The lowest BCUT2D eigenvalue weighted by molar-refractivity contribution is -0.116. The van der Waals surface area contributed by atoms with Crippen molar-refractivity contribution in [2.24, 2.45) is 5.92 Å². The Labute approximate surface area is 173 Å². The van der Waals surface area contributed by atoms with Gasteiger partial charge in [0.1, 0.15) is 0 Å². The van der Waals surface area contributed by atoms with Crippen LogP contribution in [0.15, 0.2) is 54.6 Å². The molecule has 1 saturated heterocycles. The molecule has 4 nitrogen and oxygen atoms in total. The number of rotatable bonds is 8. The second-order valence-electron chi connectivity index (χ2n) is 7.77. The van der Waals surface area contributed by atoms with Gasteiger partial charge in [-0.2, -0.15) is 0 Å². The Morgan fingerprint density at radius 1 is 1.11 bits per heavy atom. The monoisotopic (exact) mass is 399 g/mol. The Morgan fingerprint density at radius 2 is 1.79 bits per heavy atom. The van der Waals surface area contributed by atoms with E-state index in [4.69, 9.17) is 11.6 Å². The minimum atomic E-state index is 0.0621. The van der Waals surface area contributed by atoms with Crippen molar-refractivity contribution in [3.8, 4) is 0 Å². The molecule has 0 aromatic heterocycles. The predicted molar refractivity (Wildman–Crippen MR) is 117 cm³/mol. The van der Waals surface area contributed by atoms with Gasteiger partial charge in [-0.05, 0) is 68.7 Å². The van der Waals surface area contributed by atoms with Crippen LogP contribution in [0, 0.1) is 5.92 Å². The van der Waals surface area contributed by atoms with Crippen LogP contribution in [0.1, 0.15) is 24.8 Å². The molecule has 2 aromatic rings. The van der Waals surface area contributed by atoms with E-state index in [1.54, 1.807) is 12.1 Å². The van der Waals surface area contributed by atoms with E-state index in [9.17, 15) is 4.79 Å². The number of likely N-dealkylation sites (tertiary alicyclic amines) is 1. The highest BCUT2D eigenvalue weighted by Crippen LogP contribution is 2.19. The Kier molecular flexibility index (Phi) is 7.90. The van der Waals surface area contributed by atoms with E-state index in [-0.39, 0.29) is 5.91 Å². The van der Waals surface area contributed by atoms with Crippen molar-refractivity contribution >= 4 is 23.2 Å².